The SMILES string of the molecule is CC(=O)Nc1ccc(Cl)c(NC(=O)/C=C/c2ccccc2[N+](=O)[O-])c1. The smallest absolute Gasteiger partial charge is 0.276 e. The average Bonchev–Trinajstić information content (AvgIpc) is 2.55. The van der Waals surface area contributed by atoms with Crippen LogP contribution in [0, 0.1) is 10.1 Å². The molecule has 0 aliphatic carbocycles. The van der Waals surface area contributed by atoms with Gasteiger partial charge >= 0.3 is 0 Å². The van der Waals surface area contributed by atoms with Crippen molar-refractivity contribution < 1.29 is 14.5 Å². The molecule has 0 spiro atoms. The zero-order chi connectivity index (χ0) is 18.4. The Morgan fingerprint density at radius 1 is 1.16 bits per heavy atom. The topological polar surface area (TPSA) is 101 Å². The minimum Gasteiger partial charge on any atom is -0.326 e. The molecule has 8 heteroatoms. The van der Waals surface area contributed by atoms with Crippen LogP contribution >= 0.6 is 11.6 Å². The van der Waals surface area contributed by atoms with Crippen LogP contribution in [-0.4, -0.2) is 16.7 Å². The molecule has 0 fully saturated rings. The highest BCUT2D eigenvalue weighted by atomic mass is 35.5. The van der Waals surface area contributed by atoms with Crippen molar-refractivity contribution in [3.63, 3.8) is 0 Å². The van der Waals surface area contributed by atoms with Gasteiger partial charge in [-0.25, -0.2) is 0 Å². The summed E-state index contributed by atoms with van der Waals surface area (Å²) in [5.41, 5.74) is 0.998. The van der Waals surface area contributed by atoms with Crippen molar-refractivity contribution in [1.29, 1.82) is 0 Å². The van der Waals surface area contributed by atoms with Crippen LogP contribution in [0.2, 0.25) is 5.02 Å². The van der Waals surface area contributed by atoms with Crippen LogP contribution in [0.5, 0.6) is 0 Å². The third kappa shape index (κ3) is 5.15. The first-order chi connectivity index (χ1) is 11.9. The number of para-hydroxylation sites is 1. The average molecular weight is 360 g/mol. The number of nitrogens with one attached hydrogen (secondary N) is 2. The fourth-order valence-electron chi connectivity index (χ4n) is 2.04. The van der Waals surface area contributed by atoms with Crippen LogP contribution < -0.4 is 10.6 Å². The Kier molecular flexibility index (Phi) is 5.86. The Labute approximate surface area is 148 Å². The van der Waals surface area contributed by atoms with Crippen molar-refractivity contribution in [2.24, 2.45) is 0 Å². The molecule has 25 heavy (non-hydrogen) atoms. The van der Waals surface area contributed by atoms with E-state index in [4.69, 9.17) is 11.6 Å². The first-order valence-electron chi connectivity index (χ1n) is 7.16. The van der Waals surface area contributed by atoms with Gasteiger partial charge in [0.15, 0.2) is 0 Å². The molecule has 2 aromatic carbocycles. The van der Waals surface area contributed by atoms with Gasteiger partial charge in [-0.05, 0) is 30.3 Å². The second-order valence-corrected chi connectivity index (χ2v) is 5.42. The lowest BCUT2D eigenvalue weighted by Gasteiger charge is -2.08. The molecule has 0 saturated carbocycles. The number of benzene rings is 2. The highest BCUT2D eigenvalue weighted by molar-refractivity contribution is 6.34. The van der Waals surface area contributed by atoms with Gasteiger partial charge in [0.1, 0.15) is 0 Å². The van der Waals surface area contributed by atoms with Crippen molar-refractivity contribution in [3.8, 4) is 0 Å². The molecule has 7 nitrogen and oxygen atoms in total. The van der Waals surface area contributed by atoms with E-state index in [1.54, 1.807) is 18.2 Å². The molecular weight excluding hydrogens is 346 g/mol. The van der Waals surface area contributed by atoms with Gasteiger partial charge in [0.2, 0.25) is 11.8 Å². The number of amides is 2. The normalized spacial score (nSPS) is 10.5. The molecule has 0 unspecified atom stereocenters. The molecule has 0 aromatic heterocycles. The van der Waals surface area contributed by atoms with E-state index in [-0.39, 0.29) is 11.6 Å². The van der Waals surface area contributed by atoms with Crippen LogP contribution in [-0.2, 0) is 9.59 Å². The summed E-state index contributed by atoms with van der Waals surface area (Å²) in [6.07, 6.45) is 2.52. The Balaban J connectivity index is 2.15. The number of nitro groups is 1. The number of hydrogen-bond donors (Lipinski definition) is 2. The molecule has 128 valence electrons. The summed E-state index contributed by atoms with van der Waals surface area (Å²) in [6.45, 7) is 1.36. The lowest BCUT2D eigenvalue weighted by Crippen LogP contribution is -2.10. The molecule has 0 bridgehead atoms. The number of anilines is 2. The molecule has 2 aromatic rings. The number of nitro benzene ring substituents is 1. The zero-order valence-electron chi connectivity index (χ0n) is 13.2. The fourth-order valence-corrected chi connectivity index (χ4v) is 2.20. The van der Waals surface area contributed by atoms with Crippen LogP contribution in [0.1, 0.15) is 12.5 Å². The summed E-state index contributed by atoms with van der Waals surface area (Å²) in [5.74, 6) is -0.768. The molecule has 0 saturated heterocycles. The molecule has 2 N–H and O–H groups in total. The Morgan fingerprint density at radius 2 is 1.88 bits per heavy atom. The van der Waals surface area contributed by atoms with Crippen LogP contribution in [0.4, 0.5) is 17.1 Å². The summed E-state index contributed by atoms with van der Waals surface area (Å²) < 4.78 is 0. The Bertz CT molecular complexity index is 865. The zero-order valence-corrected chi connectivity index (χ0v) is 13.9. The Hall–Kier alpha value is -3.19. The highest BCUT2D eigenvalue weighted by Crippen LogP contribution is 2.26. The van der Waals surface area contributed by atoms with Gasteiger partial charge in [0, 0.05) is 24.8 Å². The predicted molar refractivity (Wildman–Crippen MR) is 96.5 cm³/mol. The van der Waals surface area contributed by atoms with Crippen molar-refractivity contribution in [1.82, 2.24) is 0 Å². The van der Waals surface area contributed by atoms with Crippen molar-refractivity contribution >= 4 is 46.6 Å². The quantitative estimate of drug-likeness (QED) is 0.480. The van der Waals surface area contributed by atoms with Crippen molar-refractivity contribution in [2.75, 3.05) is 10.6 Å². The van der Waals surface area contributed by atoms with Crippen LogP contribution in [0.15, 0.2) is 48.5 Å². The first kappa shape index (κ1) is 18.2. The van der Waals surface area contributed by atoms with Gasteiger partial charge in [-0.1, -0.05) is 23.7 Å². The number of hydrogen-bond acceptors (Lipinski definition) is 4. The number of carbonyl (C=O) groups excluding carboxylic acids is 2. The van der Waals surface area contributed by atoms with E-state index < -0.39 is 10.8 Å². The van der Waals surface area contributed by atoms with Crippen LogP contribution in [0.25, 0.3) is 6.08 Å². The van der Waals surface area contributed by atoms with E-state index in [0.717, 1.165) is 0 Å². The lowest BCUT2D eigenvalue weighted by molar-refractivity contribution is -0.385. The van der Waals surface area contributed by atoms with E-state index in [0.29, 0.717) is 22.0 Å². The van der Waals surface area contributed by atoms with E-state index in [1.807, 2.05) is 0 Å². The van der Waals surface area contributed by atoms with Gasteiger partial charge < -0.3 is 10.6 Å². The van der Waals surface area contributed by atoms with E-state index in [2.05, 4.69) is 10.6 Å². The summed E-state index contributed by atoms with van der Waals surface area (Å²) >= 11 is 6.02. The summed E-state index contributed by atoms with van der Waals surface area (Å²) in [6, 6.07) is 10.7. The maximum Gasteiger partial charge on any atom is 0.276 e. The number of nitrogens with zero attached hydrogens (tertiary/aromatic N) is 1. The molecular formula is C17H14ClN3O4. The highest BCUT2D eigenvalue weighted by Gasteiger charge is 2.10. The van der Waals surface area contributed by atoms with Gasteiger partial charge in [0.05, 0.1) is 21.2 Å². The standard InChI is InChI=1S/C17H14ClN3O4/c1-11(22)19-13-7-8-14(18)15(10-13)20-17(23)9-6-12-4-2-3-5-16(12)21(24)25/h2-10H,1H3,(H,19,22)(H,20,23)/b9-6+. The monoisotopic (exact) mass is 359 g/mol. The van der Waals surface area contributed by atoms with Crippen molar-refractivity contribution in [2.45, 2.75) is 6.92 Å². The minimum absolute atomic E-state index is 0.0998. The summed E-state index contributed by atoms with van der Waals surface area (Å²) in [5, 5.41) is 16.4. The van der Waals surface area contributed by atoms with Crippen LogP contribution in [0.3, 0.4) is 0 Å². The third-order valence-electron chi connectivity index (χ3n) is 3.09. The minimum atomic E-state index is -0.522. The second-order valence-electron chi connectivity index (χ2n) is 5.01. The summed E-state index contributed by atoms with van der Waals surface area (Å²) in [7, 11) is 0. The number of carbonyl (C=O) groups is 2. The molecule has 0 radical (unpaired) electrons. The molecule has 0 atom stereocenters. The first-order valence-corrected chi connectivity index (χ1v) is 7.54. The summed E-state index contributed by atoms with van der Waals surface area (Å²) in [4.78, 5) is 33.5. The predicted octanol–water partition coefficient (Wildman–Crippen LogP) is 3.86. The molecule has 0 aliphatic rings. The maximum absolute atomic E-state index is 12.0. The second kappa shape index (κ2) is 8.07. The Morgan fingerprint density at radius 3 is 2.56 bits per heavy atom. The number of rotatable bonds is 5. The van der Waals surface area contributed by atoms with E-state index in [9.17, 15) is 19.7 Å². The molecule has 2 amide bonds. The van der Waals surface area contributed by atoms with E-state index >= 15 is 0 Å². The number of halogens is 1. The van der Waals surface area contributed by atoms with Gasteiger partial charge in [-0.15, -0.1) is 0 Å². The molecule has 0 aliphatic heterocycles. The fraction of sp³-hybridized carbons (Fsp3) is 0.0588. The van der Waals surface area contributed by atoms with Gasteiger partial charge in [-0.2, -0.15) is 0 Å². The molecule has 0 heterocycles. The largest absolute Gasteiger partial charge is 0.326 e. The molecule has 2 rings (SSSR count). The van der Waals surface area contributed by atoms with Crippen molar-refractivity contribution in [3.05, 3.63) is 69.2 Å². The van der Waals surface area contributed by atoms with Gasteiger partial charge in [0.25, 0.3) is 5.69 Å². The van der Waals surface area contributed by atoms with Gasteiger partial charge in [-0.3, -0.25) is 19.7 Å². The van der Waals surface area contributed by atoms with E-state index in [1.165, 1.54) is 43.3 Å². The maximum atomic E-state index is 12.0. The third-order valence-corrected chi connectivity index (χ3v) is 3.42. The lowest BCUT2D eigenvalue weighted by atomic mass is 10.1.